The maximum atomic E-state index is 13.2. The van der Waals surface area contributed by atoms with Crippen molar-refractivity contribution < 1.29 is 19.5 Å². The van der Waals surface area contributed by atoms with E-state index in [1.807, 2.05) is 24.3 Å². The summed E-state index contributed by atoms with van der Waals surface area (Å²) in [7, 11) is 0. The lowest BCUT2D eigenvalue weighted by atomic mass is 9.77. The Bertz CT molecular complexity index is 1080. The number of ketones is 1. The summed E-state index contributed by atoms with van der Waals surface area (Å²) >= 11 is 9.80. The van der Waals surface area contributed by atoms with Crippen LogP contribution in [-0.2, 0) is 9.59 Å². The first kappa shape index (κ1) is 19.9. The highest BCUT2D eigenvalue weighted by atomic mass is 79.9. The monoisotopic (exact) mass is 473 g/mol. The molecule has 0 saturated heterocycles. The number of halogens is 2. The van der Waals surface area contributed by atoms with Crippen LogP contribution < -0.4 is 4.90 Å². The van der Waals surface area contributed by atoms with Crippen LogP contribution in [-0.4, -0.2) is 22.8 Å². The molecule has 1 aliphatic heterocycles. The van der Waals surface area contributed by atoms with Crippen molar-refractivity contribution in [2.45, 2.75) is 31.6 Å². The molecule has 1 amide bonds. The Morgan fingerprint density at radius 1 is 1.14 bits per heavy atom. The number of hydrogen-bond donors (Lipinski definition) is 1. The van der Waals surface area contributed by atoms with Gasteiger partial charge in [0.15, 0.2) is 5.78 Å². The van der Waals surface area contributed by atoms with Gasteiger partial charge in [0, 0.05) is 34.5 Å². The van der Waals surface area contributed by atoms with Gasteiger partial charge in [-0.2, -0.15) is 0 Å². The van der Waals surface area contributed by atoms with E-state index in [1.165, 1.54) is 23.1 Å². The Labute approximate surface area is 181 Å². The predicted octanol–water partition coefficient (Wildman–Crippen LogP) is 5.33. The number of hydrogen-bond acceptors (Lipinski definition) is 3. The zero-order valence-corrected chi connectivity index (χ0v) is 17.7. The van der Waals surface area contributed by atoms with Crippen LogP contribution in [0.1, 0.15) is 47.5 Å². The van der Waals surface area contributed by atoms with Gasteiger partial charge in [0.2, 0.25) is 5.91 Å². The van der Waals surface area contributed by atoms with E-state index in [0.717, 1.165) is 10.0 Å². The number of carboxylic acid groups (broad SMARTS) is 1. The summed E-state index contributed by atoms with van der Waals surface area (Å²) < 4.78 is 0.882. The minimum Gasteiger partial charge on any atom is -0.478 e. The molecule has 1 N–H and O–H groups in total. The minimum absolute atomic E-state index is 0.0271. The average molecular weight is 475 g/mol. The largest absolute Gasteiger partial charge is 0.478 e. The van der Waals surface area contributed by atoms with E-state index >= 15 is 0 Å². The molecule has 0 fully saturated rings. The summed E-state index contributed by atoms with van der Waals surface area (Å²) in [5.41, 5.74) is 2.51. The zero-order valence-electron chi connectivity index (χ0n) is 15.3. The van der Waals surface area contributed by atoms with Crippen molar-refractivity contribution in [3.05, 3.63) is 74.4 Å². The number of amides is 1. The second kappa shape index (κ2) is 7.76. The number of carbonyl (C=O) groups is 3. The molecule has 148 valence electrons. The number of carbonyl (C=O) groups excluding carboxylic acids is 2. The summed E-state index contributed by atoms with van der Waals surface area (Å²) in [5.74, 6) is -1.60. The minimum atomic E-state index is -1.10. The van der Waals surface area contributed by atoms with Gasteiger partial charge < -0.3 is 5.11 Å². The van der Waals surface area contributed by atoms with E-state index in [1.54, 1.807) is 0 Å². The lowest BCUT2D eigenvalue weighted by Crippen LogP contribution is -2.40. The van der Waals surface area contributed by atoms with Crippen LogP contribution in [0.4, 0.5) is 5.69 Å². The van der Waals surface area contributed by atoms with E-state index in [9.17, 15) is 19.5 Å². The fourth-order valence-electron chi connectivity index (χ4n) is 4.10. The van der Waals surface area contributed by atoms with Gasteiger partial charge in [0.1, 0.15) is 0 Å². The van der Waals surface area contributed by atoms with Crippen molar-refractivity contribution >= 4 is 50.9 Å². The number of anilines is 1. The smallest absolute Gasteiger partial charge is 0.335 e. The van der Waals surface area contributed by atoms with Crippen LogP contribution in [0.15, 0.2) is 58.2 Å². The first-order valence-electron chi connectivity index (χ1n) is 9.24. The highest BCUT2D eigenvalue weighted by Gasteiger charge is 2.40. The quantitative estimate of drug-likeness (QED) is 0.652. The lowest BCUT2D eigenvalue weighted by molar-refractivity contribution is -0.119. The van der Waals surface area contributed by atoms with Crippen molar-refractivity contribution in [2.24, 2.45) is 0 Å². The molecule has 0 saturated carbocycles. The number of carboxylic acids is 1. The van der Waals surface area contributed by atoms with Crippen LogP contribution in [0.25, 0.3) is 0 Å². The molecule has 1 heterocycles. The molecule has 4 rings (SSSR count). The van der Waals surface area contributed by atoms with Gasteiger partial charge in [-0.15, -0.1) is 0 Å². The number of nitrogens with zero attached hydrogens (tertiary/aromatic N) is 1. The van der Waals surface area contributed by atoms with E-state index in [4.69, 9.17) is 11.6 Å². The third kappa shape index (κ3) is 3.63. The fraction of sp³-hybridized carbons (Fsp3) is 0.227. The second-order valence-corrected chi connectivity index (χ2v) is 8.47. The number of aromatic carboxylic acids is 1. The number of rotatable bonds is 3. The van der Waals surface area contributed by atoms with E-state index in [2.05, 4.69) is 15.9 Å². The molecule has 0 aromatic heterocycles. The maximum Gasteiger partial charge on any atom is 0.335 e. The SMILES string of the molecule is O=C1CCCC2=C1C(c1cccc(Br)c1)CC(=O)N2c1cc(C(=O)O)ccc1Cl. The molecule has 2 aromatic rings. The molecular weight excluding hydrogens is 458 g/mol. The third-order valence-electron chi connectivity index (χ3n) is 5.36. The van der Waals surface area contributed by atoms with Crippen molar-refractivity contribution in [3.8, 4) is 0 Å². The molecule has 2 aromatic carbocycles. The number of benzene rings is 2. The average Bonchev–Trinajstić information content (AvgIpc) is 2.68. The van der Waals surface area contributed by atoms with E-state index in [0.29, 0.717) is 36.2 Å². The fourth-order valence-corrected chi connectivity index (χ4v) is 4.72. The molecular formula is C22H17BrClNO4. The van der Waals surface area contributed by atoms with Gasteiger partial charge in [-0.3, -0.25) is 14.5 Å². The molecule has 0 bridgehead atoms. The maximum absolute atomic E-state index is 13.2. The van der Waals surface area contributed by atoms with Crippen LogP contribution >= 0.6 is 27.5 Å². The van der Waals surface area contributed by atoms with Gasteiger partial charge in [0.25, 0.3) is 0 Å². The Kier molecular flexibility index (Phi) is 5.32. The Morgan fingerprint density at radius 3 is 2.66 bits per heavy atom. The van der Waals surface area contributed by atoms with Gasteiger partial charge in [0.05, 0.1) is 16.3 Å². The summed E-state index contributed by atoms with van der Waals surface area (Å²) in [4.78, 5) is 39.0. The molecule has 2 aliphatic rings. The Hall–Kier alpha value is -2.44. The molecule has 1 atom stereocenters. The second-order valence-electron chi connectivity index (χ2n) is 7.15. The summed E-state index contributed by atoms with van der Waals surface area (Å²) in [6.45, 7) is 0. The zero-order chi connectivity index (χ0) is 20.7. The summed E-state index contributed by atoms with van der Waals surface area (Å²) in [6.07, 6.45) is 1.76. The summed E-state index contributed by atoms with van der Waals surface area (Å²) in [6, 6.07) is 11.9. The molecule has 1 unspecified atom stereocenters. The first-order chi connectivity index (χ1) is 13.9. The van der Waals surface area contributed by atoms with Crippen molar-refractivity contribution in [3.63, 3.8) is 0 Å². The van der Waals surface area contributed by atoms with Gasteiger partial charge >= 0.3 is 5.97 Å². The highest BCUT2D eigenvalue weighted by Crippen LogP contribution is 2.45. The molecule has 29 heavy (non-hydrogen) atoms. The normalized spacial score (nSPS) is 19.4. The van der Waals surface area contributed by atoms with E-state index in [-0.39, 0.29) is 34.6 Å². The van der Waals surface area contributed by atoms with Crippen LogP contribution in [0, 0.1) is 0 Å². The molecule has 7 heteroatoms. The van der Waals surface area contributed by atoms with Gasteiger partial charge in [-0.05, 0) is 48.7 Å². The Balaban J connectivity index is 1.89. The van der Waals surface area contributed by atoms with Crippen LogP contribution in [0.5, 0.6) is 0 Å². The van der Waals surface area contributed by atoms with E-state index < -0.39 is 5.97 Å². The van der Waals surface area contributed by atoms with Gasteiger partial charge in [-0.1, -0.05) is 39.7 Å². The Morgan fingerprint density at radius 2 is 1.93 bits per heavy atom. The third-order valence-corrected chi connectivity index (χ3v) is 6.17. The predicted molar refractivity (Wildman–Crippen MR) is 113 cm³/mol. The highest BCUT2D eigenvalue weighted by molar-refractivity contribution is 9.10. The lowest BCUT2D eigenvalue weighted by Gasteiger charge is -2.38. The van der Waals surface area contributed by atoms with Crippen molar-refractivity contribution in [1.82, 2.24) is 0 Å². The van der Waals surface area contributed by atoms with Crippen LogP contribution in [0.2, 0.25) is 5.02 Å². The van der Waals surface area contributed by atoms with Crippen LogP contribution in [0.3, 0.4) is 0 Å². The molecule has 1 aliphatic carbocycles. The molecule has 0 radical (unpaired) electrons. The number of Topliss-reactive ketones (excluding diaryl/α,β-unsaturated/α-hetero) is 1. The van der Waals surface area contributed by atoms with Gasteiger partial charge in [-0.25, -0.2) is 4.79 Å². The standard InChI is InChI=1S/C22H17BrClNO4/c23-14-4-1-3-12(9-14)15-11-20(27)25(17-5-2-6-19(26)21(15)17)18-10-13(22(28)29)7-8-16(18)24/h1,3-4,7-10,15H,2,5-6,11H2,(H,28,29). The molecule has 5 nitrogen and oxygen atoms in total. The number of allylic oxidation sites excluding steroid dienone is 2. The topological polar surface area (TPSA) is 74.7 Å². The summed E-state index contributed by atoms with van der Waals surface area (Å²) in [5, 5.41) is 9.61. The first-order valence-corrected chi connectivity index (χ1v) is 10.4. The van der Waals surface area contributed by atoms with Crippen molar-refractivity contribution in [1.29, 1.82) is 0 Å². The molecule has 0 spiro atoms. The van der Waals surface area contributed by atoms with Crippen molar-refractivity contribution in [2.75, 3.05) is 4.90 Å².